The molecule has 1 aliphatic rings. The van der Waals surface area contributed by atoms with E-state index < -0.39 is 0 Å². The summed E-state index contributed by atoms with van der Waals surface area (Å²) < 4.78 is 0. The molecule has 4 nitrogen and oxygen atoms in total. The highest BCUT2D eigenvalue weighted by Gasteiger charge is 2.23. The highest BCUT2D eigenvalue weighted by molar-refractivity contribution is 7.09. The summed E-state index contributed by atoms with van der Waals surface area (Å²) in [5.41, 5.74) is 1.39. The van der Waals surface area contributed by atoms with Gasteiger partial charge in [-0.25, -0.2) is 0 Å². The molecule has 1 aliphatic heterocycles. The average Bonchev–Trinajstić information content (AvgIpc) is 3.38. The van der Waals surface area contributed by atoms with E-state index in [9.17, 15) is 0 Å². The SMILES string of the molecule is CN=C(NCC(c1ccccc1)N1CCCC1)N(C)CCc1cccs1. The molecule has 2 heterocycles. The van der Waals surface area contributed by atoms with Crippen LogP contribution in [0.1, 0.15) is 29.3 Å². The van der Waals surface area contributed by atoms with Crippen LogP contribution in [0.15, 0.2) is 52.8 Å². The third-order valence-electron chi connectivity index (χ3n) is 5.07. The van der Waals surface area contributed by atoms with Crippen molar-refractivity contribution in [2.24, 2.45) is 4.99 Å². The lowest BCUT2D eigenvalue weighted by Gasteiger charge is -2.30. The fraction of sp³-hybridized carbons (Fsp3) is 0.476. The van der Waals surface area contributed by atoms with Crippen molar-refractivity contribution in [2.75, 3.05) is 40.3 Å². The van der Waals surface area contributed by atoms with Crippen molar-refractivity contribution in [1.29, 1.82) is 0 Å². The van der Waals surface area contributed by atoms with E-state index in [0.29, 0.717) is 6.04 Å². The summed E-state index contributed by atoms with van der Waals surface area (Å²) in [6, 6.07) is 15.6. The third-order valence-corrected chi connectivity index (χ3v) is 6.00. The Morgan fingerprint density at radius 2 is 1.96 bits per heavy atom. The molecule has 0 spiro atoms. The summed E-state index contributed by atoms with van der Waals surface area (Å²) in [4.78, 5) is 10.7. The Labute approximate surface area is 161 Å². The van der Waals surface area contributed by atoms with Gasteiger partial charge in [0, 0.05) is 32.1 Å². The average molecular weight is 371 g/mol. The van der Waals surface area contributed by atoms with Gasteiger partial charge in [0.15, 0.2) is 5.96 Å². The van der Waals surface area contributed by atoms with Crippen LogP contribution in [0, 0.1) is 0 Å². The van der Waals surface area contributed by atoms with Gasteiger partial charge in [0.2, 0.25) is 0 Å². The van der Waals surface area contributed by atoms with Crippen LogP contribution in [0.4, 0.5) is 0 Å². The molecule has 0 radical (unpaired) electrons. The minimum Gasteiger partial charge on any atom is -0.354 e. The normalized spacial score (nSPS) is 16.6. The number of aliphatic imine (C=N–C) groups is 1. The first-order valence-electron chi connectivity index (χ1n) is 9.51. The van der Waals surface area contributed by atoms with Crippen LogP contribution in [-0.4, -0.2) is 56.0 Å². The fourth-order valence-corrected chi connectivity index (χ4v) is 4.30. The lowest BCUT2D eigenvalue weighted by Crippen LogP contribution is -2.44. The van der Waals surface area contributed by atoms with E-state index in [2.05, 4.69) is 75.0 Å². The number of likely N-dealkylation sites (tertiary alicyclic amines) is 1. The molecule has 0 amide bonds. The summed E-state index contributed by atoms with van der Waals surface area (Å²) in [6.45, 7) is 4.24. The van der Waals surface area contributed by atoms with E-state index in [-0.39, 0.29) is 0 Å². The van der Waals surface area contributed by atoms with Gasteiger partial charge < -0.3 is 10.2 Å². The number of benzene rings is 1. The summed E-state index contributed by atoms with van der Waals surface area (Å²) >= 11 is 1.82. The van der Waals surface area contributed by atoms with Crippen LogP contribution >= 0.6 is 11.3 Å². The Morgan fingerprint density at radius 1 is 1.19 bits per heavy atom. The molecular weight excluding hydrogens is 340 g/mol. The number of nitrogens with zero attached hydrogens (tertiary/aromatic N) is 3. The molecule has 1 unspecified atom stereocenters. The van der Waals surface area contributed by atoms with Crippen molar-refractivity contribution >= 4 is 17.3 Å². The minimum atomic E-state index is 0.404. The molecule has 1 aromatic heterocycles. The number of hydrogen-bond acceptors (Lipinski definition) is 3. The zero-order valence-corrected chi connectivity index (χ0v) is 16.7. The van der Waals surface area contributed by atoms with Gasteiger partial charge in [-0.3, -0.25) is 9.89 Å². The standard InChI is InChI=1S/C21H30N4S/c1-22-21(24(2)15-12-19-11-8-16-26-19)23-17-20(25-13-6-7-14-25)18-9-4-3-5-10-18/h3-5,8-11,16,20H,6-7,12-15,17H2,1-2H3,(H,22,23). The Kier molecular flexibility index (Phi) is 7.09. The van der Waals surface area contributed by atoms with Gasteiger partial charge in [-0.2, -0.15) is 0 Å². The second-order valence-corrected chi connectivity index (χ2v) is 7.88. The van der Waals surface area contributed by atoms with Crippen LogP contribution in [0.25, 0.3) is 0 Å². The van der Waals surface area contributed by atoms with Crippen LogP contribution in [0.5, 0.6) is 0 Å². The number of nitrogens with one attached hydrogen (secondary N) is 1. The van der Waals surface area contributed by atoms with E-state index in [1.54, 1.807) is 0 Å². The Morgan fingerprint density at radius 3 is 2.62 bits per heavy atom. The lowest BCUT2D eigenvalue weighted by atomic mass is 10.1. The molecule has 0 saturated carbocycles. The first-order valence-corrected chi connectivity index (χ1v) is 10.4. The smallest absolute Gasteiger partial charge is 0.193 e. The number of hydrogen-bond donors (Lipinski definition) is 1. The van der Waals surface area contributed by atoms with Crippen molar-refractivity contribution in [3.63, 3.8) is 0 Å². The second kappa shape index (κ2) is 9.74. The molecule has 26 heavy (non-hydrogen) atoms. The van der Waals surface area contributed by atoms with Crippen LogP contribution in [0.3, 0.4) is 0 Å². The van der Waals surface area contributed by atoms with E-state index in [1.165, 1.54) is 36.4 Å². The van der Waals surface area contributed by atoms with Gasteiger partial charge in [-0.1, -0.05) is 36.4 Å². The molecule has 140 valence electrons. The highest BCUT2D eigenvalue weighted by Crippen LogP contribution is 2.24. The van der Waals surface area contributed by atoms with Gasteiger partial charge in [0.05, 0.1) is 6.04 Å². The van der Waals surface area contributed by atoms with Gasteiger partial charge >= 0.3 is 0 Å². The molecule has 2 aromatic rings. The van der Waals surface area contributed by atoms with E-state index in [4.69, 9.17) is 0 Å². The van der Waals surface area contributed by atoms with Crippen molar-refractivity contribution in [2.45, 2.75) is 25.3 Å². The molecule has 0 aliphatic carbocycles. The van der Waals surface area contributed by atoms with Crippen LogP contribution < -0.4 is 5.32 Å². The molecular formula is C21H30N4S. The summed E-state index contributed by atoms with van der Waals surface area (Å²) in [5.74, 6) is 0.974. The molecule has 1 atom stereocenters. The first kappa shape index (κ1) is 18.9. The minimum absolute atomic E-state index is 0.404. The number of thiophene rings is 1. The second-order valence-electron chi connectivity index (χ2n) is 6.85. The predicted octanol–water partition coefficient (Wildman–Crippen LogP) is 3.63. The summed E-state index contributed by atoms with van der Waals surface area (Å²) in [5, 5.41) is 5.75. The zero-order chi connectivity index (χ0) is 18.2. The Balaban J connectivity index is 1.59. The van der Waals surface area contributed by atoms with Crippen LogP contribution in [0.2, 0.25) is 0 Å². The summed E-state index contributed by atoms with van der Waals surface area (Å²) in [6.07, 6.45) is 3.67. The first-order chi connectivity index (χ1) is 12.8. The highest BCUT2D eigenvalue weighted by atomic mass is 32.1. The van der Waals surface area contributed by atoms with Gasteiger partial charge in [-0.05, 0) is 49.4 Å². The number of guanidine groups is 1. The maximum absolute atomic E-state index is 4.50. The fourth-order valence-electron chi connectivity index (χ4n) is 3.60. The van der Waals surface area contributed by atoms with Gasteiger partial charge in [-0.15, -0.1) is 11.3 Å². The predicted molar refractivity (Wildman–Crippen MR) is 112 cm³/mol. The quantitative estimate of drug-likeness (QED) is 0.596. The number of likely N-dealkylation sites (N-methyl/N-ethyl adjacent to an activating group) is 1. The van der Waals surface area contributed by atoms with E-state index in [1.807, 2.05) is 18.4 Å². The van der Waals surface area contributed by atoms with Crippen molar-refractivity contribution in [3.8, 4) is 0 Å². The lowest BCUT2D eigenvalue weighted by molar-refractivity contribution is 0.244. The van der Waals surface area contributed by atoms with E-state index >= 15 is 0 Å². The molecule has 1 N–H and O–H groups in total. The Bertz CT molecular complexity index is 663. The van der Waals surface area contributed by atoms with Crippen molar-refractivity contribution < 1.29 is 0 Å². The number of rotatable bonds is 7. The third kappa shape index (κ3) is 5.08. The monoisotopic (exact) mass is 370 g/mol. The van der Waals surface area contributed by atoms with Gasteiger partial charge in [0.1, 0.15) is 0 Å². The van der Waals surface area contributed by atoms with Crippen LogP contribution in [-0.2, 0) is 6.42 Å². The topological polar surface area (TPSA) is 30.9 Å². The molecule has 3 rings (SSSR count). The van der Waals surface area contributed by atoms with Crippen molar-refractivity contribution in [1.82, 2.24) is 15.1 Å². The largest absolute Gasteiger partial charge is 0.354 e. The molecule has 5 heteroatoms. The van der Waals surface area contributed by atoms with E-state index in [0.717, 1.165) is 25.5 Å². The maximum atomic E-state index is 4.50. The molecule has 1 aromatic carbocycles. The molecule has 1 saturated heterocycles. The molecule has 1 fully saturated rings. The summed E-state index contributed by atoms with van der Waals surface area (Å²) in [7, 11) is 3.99. The van der Waals surface area contributed by atoms with Crippen molar-refractivity contribution in [3.05, 3.63) is 58.3 Å². The van der Waals surface area contributed by atoms with Gasteiger partial charge in [0.25, 0.3) is 0 Å². The zero-order valence-electron chi connectivity index (χ0n) is 15.9. The maximum Gasteiger partial charge on any atom is 0.193 e. The molecule has 0 bridgehead atoms. The Hall–Kier alpha value is -1.85.